The van der Waals surface area contributed by atoms with Crippen LogP contribution in [0.1, 0.15) is 16.7 Å². The van der Waals surface area contributed by atoms with Crippen LogP contribution in [0, 0.1) is 0 Å². The second kappa shape index (κ2) is 4.96. The Balaban J connectivity index is 2.08. The van der Waals surface area contributed by atoms with Crippen LogP contribution >= 0.6 is 0 Å². The molecular formula is C13H16N2O. The number of nitrogens with two attached hydrogens (primary N) is 1. The molecule has 0 aliphatic carbocycles. The van der Waals surface area contributed by atoms with E-state index in [2.05, 4.69) is 10.8 Å². The first-order valence-electron chi connectivity index (χ1n) is 5.35. The lowest BCUT2D eigenvalue weighted by Gasteiger charge is -2.04. The maximum atomic E-state index is 8.93. The Labute approximate surface area is 95.1 Å². The Kier molecular flexibility index (Phi) is 3.39. The minimum absolute atomic E-state index is 0.0983. The Hall–Kier alpha value is -1.58. The van der Waals surface area contributed by atoms with Gasteiger partial charge in [-0.05, 0) is 22.8 Å². The summed E-state index contributed by atoms with van der Waals surface area (Å²) in [6.45, 7) is 1.52. The van der Waals surface area contributed by atoms with Crippen LogP contribution in [0.4, 0.5) is 0 Å². The van der Waals surface area contributed by atoms with Crippen molar-refractivity contribution in [2.75, 3.05) is 0 Å². The number of nitrogens with zero attached hydrogens (tertiary/aromatic N) is 1. The third-order valence-electron chi connectivity index (χ3n) is 2.62. The fourth-order valence-electron chi connectivity index (χ4n) is 1.67. The number of aromatic nitrogens is 1. The highest BCUT2D eigenvalue weighted by atomic mass is 16.3. The van der Waals surface area contributed by atoms with Gasteiger partial charge in [0.05, 0.1) is 6.61 Å². The second-order valence-corrected chi connectivity index (χ2v) is 3.87. The predicted molar refractivity (Wildman–Crippen MR) is 63.8 cm³/mol. The lowest BCUT2D eigenvalue weighted by atomic mass is 10.1. The zero-order valence-corrected chi connectivity index (χ0v) is 9.13. The van der Waals surface area contributed by atoms with E-state index in [9.17, 15) is 0 Å². The van der Waals surface area contributed by atoms with E-state index in [1.807, 2.05) is 36.5 Å². The number of hydrogen-bond donors (Lipinski definition) is 2. The van der Waals surface area contributed by atoms with E-state index in [1.54, 1.807) is 0 Å². The molecule has 0 bridgehead atoms. The third-order valence-corrected chi connectivity index (χ3v) is 2.62. The average Bonchev–Trinajstić information content (AvgIpc) is 2.78. The molecular weight excluding hydrogens is 200 g/mol. The molecule has 3 nitrogen and oxygen atoms in total. The topological polar surface area (TPSA) is 51.2 Å². The van der Waals surface area contributed by atoms with Crippen LogP contribution in [0.25, 0.3) is 0 Å². The van der Waals surface area contributed by atoms with Gasteiger partial charge in [0.1, 0.15) is 0 Å². The number of rotatable bonds is 4. The molecule has 16 heavy (non-hydrogen) atoms. The summed E-state index contributed by atoms with van der Waals surface area (Å²) in [5, 5.41) is 8.93. The van der Waals surface area contributed by atoms with Crippen molar-refractivity contribution in [3.63, 3.8) is 0 Å². The largest absolute Gasteiger partial charge is 0.392 e. The van der Waals surface area contributed by atoms with Crippen molar-refractivity contribution in [3.05, 3.63) is 59.4 Å². The van der Waals surface area contributed by atoms with E-state index >= 15 is 0 Å². The molecule has 0 saturated heterocycles. The molecule has 1 aromatic carbocycles. The summed E-state index contributed by atoms with van der Waals surface area (Å²) in [4.78, 5) is 0. The molecule has 3 heteroatoms. The van der Waals surface area contributed by atoms with Crippen LogP contribution in [-0.4, -0.2) is 9.67 Å². The molecule has 1 heterocycles. The van der Waals surface area contributed by atoms with Crippen LogP contribution in [0.3, 0.4) is 0 Å². The number of aliphatic hydroxyl groups excluding tert-OH is 1. The number of aliphatic hydroxyl groups is 1. The lowest BCUT2D eigenvalue weighted by molar-refractivity contribution is 0.282. The summed E-state index contributed by atoms with van der Waals surface area (Å²) in [5.41, 5.74) is 8.86. The van der Waals surface area contributed by atoms with Crippen molar-refractivity contribution in [1.82, 2.24) is 4.57 Å². The van der Waals surface area contributed by atoms with Crippen LogP contribution in [-0.2, 0) is 19.7 Å². The maximum Gasteiger partial charge on any atom is 0.0681 e. The molecule has 84 valence electrons. The van der Waals surface area contributed by atoms with Gasteiger partial charge in [0.15, 0.2) is 0 Å². The maximum absolute atomic E-state index is 8.93. The summed E-state index contributed by atoms with van der Waals surface area (Å²) >= 11 is 0. The Morgan fingerprint density at radius 3 is 2.25 bits per heavy atom. The van der Waals surface area contributed by atoms with Gasteiger partial charge in [0.2, 0.25) is 0 Å². The van der Waals surface area contributed by atoms with Crippen LogP contribution < -0.4 is 5.73 Å². The highest BCUT2D eigenvalue weighted by Crippen LogP contribution is 2.08. The Bertz CT molecular complexity index is 445. The Morgan fingerprint density at radius 1 is 1.00 bits per heavy atom. The number of benzene rings is 1. The lowest BCUT2D eigenvalue weighted by Crippen LogP contribution is -1.98. The van der Waals surface area contributed by atoms with Gasteiger partial charge in [-0.25, -0.2) is 0 Å². The first-order chi connectivity index (χ1) is 7.81. The van der Waals surface area contributed by atoms with Crippen molar-refractivity contribution in [2.24, 2.45) is 5.73 Å². The molecule has 2 rings (SSSR count). The zero-order chi connectivity index (χ0) is 11.4. The van der Waals surface area contributed by atoms with Crippen LogP contribution in [0.5, 0.6) is 0 Å². The van der Waals surface area contributed by atoms with E-state index in [0.717, 1.165) is 17.7 Å². The monoisotopic (exact) mass is 216 g/mol. The minimum atomic E-state index is 0.0983. The van der Waals surface area contributed by atoms with Crippen molar-refractivity contribution in [1.29, 1.82) is 0 Å². The molecule has 2 aromatic rings. The summed E-state index contributed by atoms with van der Waals surface area (Å²) in [6, 6.07) is 9.99. The molecule has 0 spiro atoms. The molecule has 3 N–H and O–H groups in total. The summed E-state index contributed by atoms with van der Waals surface area (Å²) in [7, 11) is 0. The van der Waals surface area contributed by atoms with Gasteiger partial charge in [-0.2, -0.15) is 0 Å². The SMILES string of the molecule is NCc1ccn(Cc2ccc(CO)cc2)c1. The van der Waals surface area contributed by atoms with E-state index in [-0.39, 0.29) is 6.61 Å². The van der Waals surface area contributed by atoms with Gasteiger partial charge in [0, 0.05) is 25.5 Å². The van der Waals surface area contributed by atoms with E-state index < -0.39 is 0 Å². The zero-order valence-electron chi connectivity index (χ0n) is 9.13. The molecule has 0 fully saturated rings. The van der Waals surface area contributed by atoms with E-state index in [0.29, 0.717) is 6.54 Å². The second-order valence-electron chi connectivity index (χ2n) is 3.87. The van der Waals surface area contributed by atoms with Crippen molar-refractivity contribution in [3.8, 4) is 0 Å². The molecule has 0 saturated carbocycles. The quantitative estimate of drug-likeness (QED) is 0.813. The number of hydrogen-bond acceptors (Lipinski definition) is 2. The smallest absolute Gasteiger partial charge is 0.0681 e. The molecule has 0 atom stereocenters. The van der Waals surface area contributed by atoms with E-state index in [1.165, 1.54) is 5.56 Å². The van der Waals surface area contributed by atoms with Crippen molar-refractivity contribution in [2.45, 2.75) is 19.7 Å². The van der Waals surface area contributed by atoms with Gasteiger partial charge < -0.3 is 15.4 Å². The molecule has 0 aliphatic heterocycles. The standard InChI is InChI=1S/C13H16N2O/c14-7-13-5-6-15(9-13)8-11-1-3-12(10-16)4-2-11/h1-6,9,16H,7-8,10,14H2. The van der Waals surface area contributed by atoms with Gasteiger partial charge in [-0.15, -0.1) is 0 Å². The molecule has 0 aliphatic rings. The highest BCUT2D eigenvalue weighted by molar-refractivity contribution is 5.23. The summed E-state index contributed by atoms with van der Waals surface area (Å²) in [5.74, 6) is 0. The van der Waals surface area contributed by atoms with Crippen molar-refractivity contribution >= 4 is 0 Å². The van der Waals surface area contributed by atoms with Crippen LogP contribution in [0.2, 0.25) is 0 Å². The first-order valence-corrected chi connectivity index (χ1v) is 5.35. The minimum Gasteiger partial charge on any atom is -0.392 e. The van der Waals surface area contributed by atoms with E-state index in [4.69, 9.17) is 10.8 Å². The first kappa shape index (κ1) is 10.9. The third kappa shape index (κ3) is 2.51. The van der Waals surface area contributed by atoms with Gasteiger partial charge >= 0.3 is 0 Å². The van der Waals surface area contributed by atoms with Gasteiger partial charge in [-0.1, -0.05) is 24.3 Å². The van der Waals surface area contributed by atoms with Gasteiger partial charge in [0.25, 0.3) is 0 Å². The average molecular weight is 216 g/mol. The summed E-state index contributed by atoms with van der Waals surface area (Å²) in [6.07, 6.45) is 4.09. The fraction of sp³-hybridized carbons (Fsp3) is 0.231. The Morgan fingerprint density at radius 2 is 1.69 bits per heavy atom. The van der Waals surface area contributed by atoms with Crippen molar-refractivity contribution < 1.29 is 5.11 Å². The van der Waals surface area contributed by atoms with Gasteiger partial charge in [-0.3, -0.25) is 0 Å². The molecule has 0 radical (unpaired) electrons. The predicted octanol–water partition coefficient (Wildman–Crippen LogP) is 1.49. The fourth-order valence-corrected chi connectivity index (χ4v) is 1.67. The molecule has 0 unspecified atom stereocenters. The highest BCUT2D eigenvalue weighted by Gasteiger charge is 1.97. The van der Waals surface area contributed by atoms with Crippen LogP contribution in [0.15, 0.2) is 42.7 Å². The molecule has 0 amide bonds. The normalized spacial score (nSPS) is 10.6. The molecule has 1 aromatic heterocycles. The summed E-state index contributed by atoms with van der Waals surface area (Å²) < 4.78 is 2.11.